The lowest BCUT2D eigenvalue weighted by atomic mass is 9.66. The molecule has 8 rings (SSSR count). The number of hydrogen-bond acceptors (Lipinski definition) is 5. The van der Waals surface area contributed by atoms with Gasteiger partial charge in [0.15, 0.2) is 11.9 Å². The smallest absolute Gasteiger partial charge is 0.314 e. The summed E-state index contributed by atoms with van der Waals surface area (Å²) in [6.07, 6.45) is 3.20. The van der Waals surface area contributed by atoms with Crippen LogP contribution < -0.4 is 10.2 Å². The van der Waals surface area contributed by atoms with Crippen molar-refractivity contribution in [3.8, 4) is 0 Å². The molecular formula is C40H30N2O4. The maximum Gasteiger partial charge on any atom is 0.314 e. The Bertz CT molecular complexity index is 1950. The SMILES string of the molecule is O=C(c1ccccc1)[C@@H]1[C@H](C(=O)OC(c2ccccc2)c2ccccc2)[C@@]2(C(=O)Nc3ccccc32)[C@@H]2C=Cc3ccccc3N12. The van der Waals surface area contributed by atoms with E-state index in [0.29, 0.717) is 16.8 Å². The number of ketones is 1. The fourth-order valence-electron chi connectivity index (χ4n) is 7.63. The van der Waals surface area contributed by atoms with Crippen LogP contribution in [0.1, 0.15) is 38.7 Å². The van der Waals surface area contributed by atoms with E-state index in [1.165, 1.54) is 0 Å². The average molecular weight is 603 g/mol. The molecule has 0 bridgehead atoms. The maximum atomic E-state index is 15.1. The molecule has 224 valence electrons. The molecule has 0 unspecified atom stereocenters. The van der Waals surface area contributed by atoms with Crippen molar-refractivity contribution in [1.29, 1.82) is 0 Å². The van der Waals surface area contributed by atoms with Crippen molar-refractivity contribution in [2.45, 2.75) is 23.6 Å². The number of para-hydroxylation sites is 2. The first-order valence-corrected chi connectivity index (χ1v) is 15.4. The number of benzene rings is 5. The molecule has 1 saturated heterocycles. The summed E-state index contributed by atoms with van der Waals surface area (Å²) in [5.74, 6) is -2.37. The van der Waals surface area contributed by atoms with Crippen LogP contribution in [0.25, 0.3) is 6.08 Å². The highest BCUT2D eigenvalue weighted by molar-refractivity contribution is 6.15. The highest BCUT2D eigenvalue weighted by Gasteiger charge is 2.71. The molecule has 0 aliphatic carbocycles. The highest BCUT2D eigenvalue weighted by Crippen LogP contribution is 2.58. The first-order chi connectivity index (χ1) is 22.6. The number of esters is 1. The third-order valence-electron chi connectivity index (χ3n) is 9.56. The summed E-state index contributed by atoms with van der Waals surface area (Å²) in [4.78, 5) is 46.5. The van der Waals surface area contributed by atoms with Gasteiger partial charge in [-0.15, -0.1) is 0 Å². The van der Waals surface area contributed by atoms with E-state index in [9.17, 15) is 9.59 Å². The molecule has 4 atom stereocenters. The van der Waals surface area contributed by atoms with Gasteiger partial charge in [0.05, 0.1) is 6.04 Å². The van der Waals surface area contributed by atoms with Crippen molar-refractivity contribution in [3.05, 3.63) is 173 Å². The van der Waals surface area contributed by atoms with Gasteiger partial charge in [0.25, 0.3) is 0 Å². The second-order valence-corrected chi connectivity index (χ2v) is 11.9. The molecule has 1 fully saturated rings. The predicted octanol–water partition coefficient (Wildman–Crippen LogP) is 6.99. The molecule has 0 radical (unpaired) electrons. The van der Waals surface area contributed by atoms with Crippen LogP contribution in [0.2, 0.25) is 0 Å². The molecule has 3 heterocycles. The Labute approximate surface area is 267 Å². The topological polar surface area (TPSA) is 75.7 Å². The van der Waals surface area contributed by atoms with Gasteiger partial charge in [-0.3, -0.25) is 14.4 Å². The lowest BCUT2D eigenvalue weighted by Gasteiger charge is -2.37. The van der Waals surface area contributed by atoms with Crippen LogP contribution in [0.15, 0.2) is 146 Å². The molecule has 1 amide bonds. The Hall–Kier alpha value is -5.75. The normalized spacial score (nSPS) is 22.2. The minimum Gasteiger partial charge on any atom is -0.452 e. The van der Waals surface area contributed by atoms with Gasteiger partial charge in [-0.05, 0) is 34.4 Å². The summed E-state index contributed by atoms with van der Waals surface area (Å²) >= 11 is 0. The molecule has 0 aromatic heterocycles. The summed E-state index contributed by atoms with van der Waals surface area (Å²) in [7, 11) is 0. The van der Waals surface area contributed by atoms with Crippen LogP contribution in [-0.4, -0.2) is 29.7 Å². The number of rotatable bonds is 6. The zero-order valence-corrected chi connectivity index (χ0v) is 24.8. The van der Waals surface area contributed by atoms with E-state index in [1.54, 1.807) is 12.1 Å². The number of fused-ring (bicyclic) bond motifs is 6. The molecule has 1 N–H and O–H groups in total. The molecule has 6 nitrogen and oxygen atoms in total. The summed E-state index contributed by atoms with van der Waals surface area (Å²) in [6.45, 7) is 0. The standard InChI is InChI=1S/C40H30N2O4/c43-36(27-15-4-1-5-16-27)35-34(38(44)46-37(28-17-6-2-7-18-28)29-19-8-3-9-20-29)40(30-21-11-12-22-31(30)41-39(40)45)33-25-24-26-14-10-13-23-32(26)42(33)35/h1-25,33-35,37H,(H,41,45)/t33-,34+,35-,40-/m0/s1. The van der Waals surface area contributed by atoms with Crippen LogP contribution in [0.3, 0.4) is 0 Å². The van der Waals surface area contributed by atoms with Crippen LogP contribution >= 0.6 is 0 Å². The van der Waals surface area contributed by atoms with Crippen molar-refractivity contribution in [2.75, 3.05) is 10.2 Å². The Morgan fingerprint density at radius 1 is 0.717 bits per heavy atom. The van der Waals surface area contributed by atoms with E-state index in [2.05, 4.69) is 5.32 Å². The lowest BCUT2D eigenvalue weighted by molar-refractivity contribution is -0.156. The van der Waals surface area contributed by atoms with Gasteiger partial charge in [0.1, 0.15) is 17.4 Å². The molecule has 3 aliphatic heterocycles. The van der Waals surface area contributed by atoms with Crippen LogP contribution in [0.5, 0.6) is 0 Å². The van der Waals surface area contributed by atoms with Gasteiger partial charge in [-0.1, -0.05) is 140 Å². The zero-order chi connectivity index (χ0) is 31.3. The fraction of sp³-hybridized carbons (Fsp3) is 0.125. The predicted molar refractivity (Wildman–Crippen MR) is 177 cm³/mol. The molecule has 46 heavy (non-hydrogen) atoms. The molecule has 6 heteroatoms. The van der Waals surface area contributed by atoms with Crippen molar-refractivity contribution < 1.29 is 19.1 Å². The summed E-state index contributed by atoms with van der Waals surface area (Å²) < 4.78 is 6.55. The Morgan fingerprint density at radius 3 is 2.00 bits per heavy atom. The van der Waals surface area contributed by atoms with E-state index in [4.69, 9.17) is 4.74 Å². The quantitative estimate of drug-likeness (QED) is 0.168. The molecule has 1 spiro atoms. The largest absolute Gasteiger partial charge is 0.452 e. The Kier molecular flexibility index (Phi) is 6.64. The second-order valence-electron chi connectivity index (χ2n) is 11.9. The van der Waals surface area contributed by atoms with E-state index in [1.807, 2.05) is 144 Å². The van der Waals surface area contributed by atoms with Gasteiger partial charge >= 0.3 is 5.97 Å². The highest BCUT2D eigenvalue weighted by atomic mass is 16.5. The zero-order valence-electron chi connectivity index (χ0n) is 24.8. The summed E-state index contributed by atoms with van der Waals surface area (Å²) in [5, 5.41) is 3.07. The summed E-state index contributed by atoms with van der Waals surface area (Å²) in [6, 6.07) is 41.7. The first kappa shape index (κ1) is 27.8. The van der Waals surface area contributed by atoms with Gasteiger partial charge in [-0.2, -0.15) is 0 Å². The van der Waals surface area contributed by atoms with Crippen molar-refractivity contribution in [3.63, 3.8) is 0 Å². The Balaban J connectivity index is 1.36. The van der Waals surface area contributed by atoms with Gasteiger partial charge < -0.3 is 15.0 Å². The van der Waals surface area contributed by atoms with Crippen molar-refractivity contribution >= 4 is 35.1 Å². The Morgan fingerprint density at radius 2 is 1.30 bits per heavy atom. The minimum atomic E-state index is -1.44. The van der Waals surface area contributed by atoms with Crippen LogP contribution in [0.4, 0.5) is 11.4 Å². The van der Waals surface area contributed by atoms with Gasteiger partial charge in [0, 0.05) is 16.9 Å². The fourth-order valence-corrected chi connectivity index (χ4v) is 7.63. The number of amides is 1. The molecule has 0 saturated carbocycles. The average Bonchev–Trinajstić information content (AvgIpc) is 3.60. The third kappa shape index (κ3) is 4.14. The molecule has 5 aromatic rings. The van der Waals surface area contributed by atoms with Gasteiger partial charge in [-0.25, -0.2) is 0 Å². The second kappa shape index (κ2) is 11.0. The monoisotopic (exact) mass is 602 g/mol. The van der Waals surface area contributed by atoms with E-state index >= 15 is 4.79 Å². The number of anilines is 2. The van der Waals surface area contributed by atoms with E-state index in [0.717, 1.165) is 22.4 Å². The van der Waals surface area contributed by atoms with Crippen molar-refractivity contribution in [2.24, 2.45) is 5.92 Å². The summed E-state index contributed by atoms with van der Waals surface area (Å²) in [5.41, 5.74) is 3.62. The maximum absolute atomic E-state index is 15.1. The number of Topliss-reactive ketones (excluding diaryl/α,β-unsaturated/α-hetero) is 1. The van der Waals surface area contributed by atoms with Gasteiger partial charge in [0.2, 0.25) is 5.91 Å². The molecular weight excluding hydrogens is 572 g/mol. The number of hydrogen-bond donors (Lipinski definition) is 1. The van der Waals surface area contributed by atoms with E-state index in [-0.39, 0.29) is 11.7 Å². The number of ether oxygens (including phenoxy) is 1. The number of nitrogens with one attached hydrogen (secondary N) is 1. The molecule has 5 aromatic carbocycles. The first-order valence-electron chi connectivity index (χ1n) is 15.4. The lowest BCUT2D eigenvalue weighted by Crippen LogP contribution is -2.51. The number of carbonyl (C=O) groups is 3. The van der Waals surface area contributed by atoms with Crippen molar-refractivity contribution in [1.82, 2.24) is 0 Å². The minimum absolute atomic E-state index is 0.248. The van der Waals surface area contributed by atoms with Crippen LogP contribution in [-0.2, 0) is 19.7 Å². The molecule has 3 aliphatic rings. The number of nitrogens with zero attached hydrogens (tertiary/aromatic N) is 1. The number of carbonyl (C=O) groups excluding carboxylic acids is 3. The van der Waals surface area contributed by atoms with E-state index < -0.39 is 35.5 Å². The van der Waals surface area contributed by atoms with Crippen LogP contribution in [0, 0.1) is 5.92 Å². The third-order valence-corrected chi connectivity index (χ3v) is 9.56.